The summed E-state index contributed by atoms with van der Waals surface area (Å²) in [6, 6.07) is 13.0. The lowest BCUT2D eigenvalue weighted by Crippen LogP contribution is -2.02. The zero-order valence-electron chi connectivity index (χ0n) is 10.5. The molecule has 0 saturated carbocycles. The maximum Gasteiger partial charge on any atom is 0.123 e. The maximum atomic E-state index is 13.0. The van der Waals surface area contributed by atoms with E-state index in [1.165, 1.54) is 24.3 Å². The second kappa shape index (κ2) is 6.71. The second-order valence-electron chi connectivity index (χ2n) is 4.52. The van der Waals surface area contributed by atoms with Crippen LogP contribution in [-0.4, -0.2) is 5.75 Å². The third kappa shape index (κ3) is 3.80. The molecule has 0 N–H and O–H groups in total. The highest BCUT2D eigenvalue weighted by Crippen LogP contribution is 2.29. The quantitative estimate of drug-likeness (QED) is 0.746. The van der Waals surface area contributed by atoms with E-state index in [2.05, 4.69) is 12.6 Å². The first kappa shape index (κ1) is 14.1. The molecule has 0 fully saturated rings. The highest BCUT2D eigenvalue weighted by Gasteiger charge is 2.13. The van der Waals surface area contributed by atoms with E-state index in [0.717, 1.165) is 29.7 Å². The van der Waals surface area contributed by atoms with Gasteiger partial charge in [0, 0.05) is 5.92 Å². The van der Waals surface area contributed by atoms with Gasteiger partial charge in [0.2, 0.25) is 0 Å². The lowest BCUT2D eigenvalue weighted by atomic mass is 9.88. The van der Waals surface area contributed by atoms with Crippen LogP contribution in [0.5, 0.6) is 0 Å². The molecule has 0 aliphatic carbocycles. The molecule has 2 aromatic carbocycles. The van der Waals surface area contributed by atoms with Crippen LogP contribution in [0.25, 0.3) is 0 Å². The average Bonchev–Trinajstić information content (AvgIpc) is 2.43. The molecule has 0 aliphatic heterocycles. The summed E-state index contributed by atoms with van der Waals surface area (Å²) in [6.07, 6.45) is 1.88. The molecule has 0 spiro atoms. The number of halogens is 2. The predicted octanol–water partition coefficient (Wildman–Crippen LogP) is 4.81. The summed E-state index contributed by atoms with van der Waals surface area (Å²) >= 11 is 4.23. The number of rotatable bonds is 5. The molecule has 0 aliphatic rings. The van der Waals surface area contributed by atoms with Crippen molar-refractivity contribution in [1.82, 2.24) is 0 Å². The fourth-order valence-corrected chi connectivity index (χ4v) is 2.39. The molecule has 0 atom stereocenters. The molecule has 100 valence electrons. The van der Waals surface area contributed by atoms with Crippen molar-refractivity contribution < 1.29 is 8.78 Å². The highest BCUT2D eigenvalue weighted by atomic mass is 32.1. The highest BCUT2D eigenvalue weighted by molar-refractivity contribution is 7.80. The molecule has 3 heteroatoms. The Labute approximate surface area is 117 Å². The topological polar surface area (TPSA) is 0 Å². The molecule has 0 nitrogen and oxygen atoms in total. The average molecular weight is 278 g/mol. The number of hydrogen-bond donors (Lipinski definition) is 1. The zero-order chi connectivity index (χ0) is 13.7. The molecular weight excluding hydrogens is 262 g/mol. The van der Waals surface area contributed by atoms with Gasteiger partial charge in [0.1, 0.15) is 11.6 Å². The molecule has 19 heavy (non-hydrogen) atoms. The van der Waals surface area contributed by atoms with Gasteiger partial charge in [-0.15, -0.1) is 0 Å². The van der Waals surface area contributed by atoms with Gasteiger partial charge < -0.3 is 0 Å². The SMILES string of the molecule is Fc1ccc(C(CCCS)c2ccc(F)cc2)cc1. The third-order valence-corrected chi connectivity index (χ3v) is 3.51. The van der Waals surface area contributed by atoms with Crippen LogP contribution >= 0.6 is 12.6 Å². The first-order chi connectivity index (χ1) is 9.20. The molecule has 0 saturated heterocycles. The van der Waals surface area contributed by atoms with Gasteiger partial charge in [-0.2, -0.15) is 12.6 Å². The standard InChI is InChI=1S/C16H16F2S/c17-14-7-3-12(4-8-14)16(2-1-11-19)13-5-9-15(18)10-6-13/h3-10,16,19H,1-2,11H2. The van der Waals surface area contributed by atoms with E-state index < -0.39 is 0 Å². The van der Waals surface area contributed by atoms with Crippen molar-refractivity contribution in [2.75, 3.05) is 5.75 Å². The monoisotopic (exact) mass is 278 g/mol. The summed E-state index contributed by atoms with van der Waals surface area (Å²) in [5.74, 6) is 0.485. The van der Waals surface area contributed by atoms with Crippen LogP contribution in [0.1, 0.15) is 29.9 Å². The Bertz CT molecular complexity index is 460. The molecule has 0 unspecified atom stereocenters. The summed E-state index contributed by atoms with van der Waals surface area (Å²) in [6.45, 7) is 0. The number of benzene rings is 2. The summed E-state index contributed by atoms with van der Waals surface area (Å²) < 4.78 is 26.0. The molecule has 0 bridgehead atoms. The molecule has 0 amide bonds. The Morgan fingerprint density at radius 1 is 0.789 bits per heavy atom. The van der Waals surface area contributed by atoms with Gasteiger partial charge in [0.15, 0.2) is 0 Å². The van der Waals surface area contributed by atoms with Crippen molar-refractivity contribution in [2.45, 2.75) is 18.8 Å². The molecular formula is C16H16F2S. The Morgan fingerprint density at radius 2 is 1.21 bits per heavy atom. The van der Waals surface area contributed by atoms with Gasteiger partial charge in [-0.3, -0.25) is 0 Å². The van der Waals surface area contributed by atoms with Gasteiger partial charge in [-0.25, -0.2) is 8.78 Å². The van der Waals surface area contributed by atoms with Crippen LogP contribution in [0.4, 0.5) is 8.78 Å². The first-order valence-electron chi connectivity index (χ1n) is 6.32. The van der Waals surface area contributed by atoms with E-state index in [0.29, 0.717) is 0 Å². The van der Waals surface area contributed by atoms with E-state index in [9.17, 15) is 8.78 Å². The summed E-state index contributed by atoms with van der Waals surface area (Å²) in [5.41, 5.74) is 2.10. The van der Waals surface area contributed by atoms with Gasteiger partial charge in [0.05, 0.1) is 0 Å². The van der Waals surface area contributed by atoms with Gasteiger partial charge >= 0.3 is 0 Å². The minimum Gasteiger partial charge on any atom is -0.207 e. The first-order valence-corrected chi connectivity index (χ1v) is 6.95. The van der Waals surface area contributed by atoms with Crippen molar-refractivity contribution in [3.8, 4) is 0 Å². The lowest BCUT2D eigenvalue weighted by Gasteiger charge is -2.17. The summed E-state index contributed by atoms with van der Waals surface area (Å²) in [5, 5.41) is 0. The molecule has 0 radical (unpaired) electrons. The number of hydrogen-bond acceptors (Lipinski definition) is 1. The maximum absolute atomic E-state index is 13.0. The van der Waals surface area contributed by atoms with Gasteiger partial charge in [-0.05, 0) is 54.0 Å². The van der Waals surface area contributed by atoms with Crippen LogP contribution in [0, 0.1) is 11.6 Å². The molecule has 0 heterocycles. The summed E-state index contributed by atoms with van der Waals surface area (Å²) in [4.78, 5) is 0. The normalized spacial score (nSPS) is 10.9. The molecule has 0 aromatic heterocycles. The third-order valence-electron chi connectivity index (χ3n) is 3.20. The van der Waals surface area contributed by atoms with Crippen molar-refractivity contribution >= 4 is 12.6 Å². The lowest BCUT2D eigenvalue weighted by molar-refractivity contribution is 0.621. The van der Waals surface area contributed by atoms with Crippen LogP contribution in [0.3, 0.4) is 0 Å². The van der Waals surface area contributed by atoms with Crippen LogP contribution in [0.15, 0.2) is 48.5 Å². The van der Waals surface area contributed by atoms with E-state index in [1.54, 1.807) is 24.3 Å². The van der Waals surface area contributed by atoms with Crippen LogP contribution in [-0.2, 0) is 0 Å². The molecule has 2 rings (SSSR count). The molecule has 2 aromatic rings. The van der Waals surface area contributed by atoms with Crippen LogP contribution in [0.2, 0.25) is 0 Å². The predicted molar refractivity (Wildman–Crippen MR) is 77.7 cm³/mol. The van der Waals surface area contributed by atoms with E-state index >= 15 is 0 Å². The Kier molecular flexibility index (Phi) is 4.97. The zero-order valence-corrected chi connectivity index (χ0v) is 11.4. The van der Waals surface area contributed by atoms with Crippen molar-refractivity contribution in [3.05, 3.63) is 71.3 Å². The Hall–Kier alpha value is -1.35. The Morgan fingerprint density at radius 3 is 1.58 bits per heavy atom. The smallest absolute Gasteiger partial charge is 0.123 e. The van der Waals surface area contributed by atoms with E-state index in [-0.39, 0.29) is 17.6 Å². The summed E-state index contributed by atoms with van der Waals surface area (Å²) in [7, 11) is 0. The van der Waals surface area contributed by atoms with E-state index in [4.69, 9.17) is 0 Å². The fraction of sp³-hybridized carbons (Fsp3) is 0.250. The van der Waals surface area contributed by atoms with Crippen molar-refractivity contribution in [3.63, 3.8) is 0 Å². The van der Waals surface area contributed by atoms with Gasteiger partial charge in [-0.1, -0.05) is 24.3 Å². The van der Waals surface area contributed by atoms with Crippen LogP contribution < -0.4 is 0 Å². The fourth-order valence-electron chi connectivity index (χ4n) is 2.21. The second-order valence-corrected chi connectivity index (χ2v) is 4.97. The Balaban J connectivity index is 2.29. The van der Waals surface area contributed by atoms with Crippen molar-refractivity contribution in [1.29, 1.82) is 0 Å². The van der Waals surface area contributed by atoms with E-state index in [1.807, 2.05) is 0 Å². The minimum absolute atomic E-state index is 0.161. The number of thiol groups is 1. The minimum atomic E-state index is -0.240. The largest absolute Gasteiger partial charge is 0.207 e. The van der Waals surface area contributed by atoms with Gasteiger partial charge in [0.25, 0.3) is 0 Å². The van der Waals surface area contributed by atoms with Crippen molar-refractivity contribution in [2.24, 2.45) is 0 Å².